The molecule has 1 fully saturated rings. The van der Waals surface area contributed by atoms with Gasteiger partial charge in [-0.05, 0) is 42.4 Å². The van der Waals surface area contributed by atoms with Gasteiger partial charge in [-0.15, -0.1) is 24.8 Å². The molecule has 2 atom stereocenters. The molecule has 144 valence electrons. The quantitative estimate of drug-likeness (QED) is 0.793. The van der Waals surface area contributed by atoms with Crippen LogP contribution in [0.4, 0.5) is 5.69 Å². The lowest BCUT2D eigenvalue weighted by atomic mass is 9.87. The van der Waals surface area contributed by atoms with Crippen LogP contribution in [0.2, 0.25) is 5.02 Å². The van der Waals surface area contributed by atoms with Crippen LogP contribution in [0.25, 0.3) is 0 Å². The van der Waals surface area contributed by atoms with Crippen molar-refractivity contribution in [3.63, 3.8) is 0 Å². The smallest absolute Gasteiger partial charge is 0.237 e. The maximum absolute atomic E-state index is 12.1. The van der Waals surface area contributed by atoms with Crippen molar-refractivity contribution in [3.05, 3.63) is 28.8 Å². The second-order valence-electron chi connectivity index (χ2n) is 7.62. The Morgan fingerprint density at radius 2 is 2.04 bits per heavy atom. The molecule has 1 aliphatic heterocycles. The van der Waals surface area contributed by atoms with Gasteiger partial charge in [0.05, 0.1) is 6.04 Å². The van der Waals surface area contributed by atoms with Crippen LogP contribution < -0.4 is 16.0 Å². The molecule has 1 unspecified atom stereocenters. The van der Waals surface area contributed by atoms with Crippen molar-refractivity contribution in [1.29, 1.82) is 0 Å². The number of benzene rings is 1. The third-order valence-corrected chi connectivity index (χ3v) is 4.81. The van der Waals surface area contributed by atoms with E-state index in [2.05, 4.69) is 23.2 Å². The lowest BCUT2D eigenvalue weighted by Gasteiger charge is -2.26. The number of nitrogens with one attached hydrogen (secondary N) is 1. The highest BCUT2D eigenvalue weighted by Gasteiger charge is 2.29. The average molecular weight is 411 g/mol. The van der Waals surface area contributed by atoms with Gasteiger partial charge in [0.1, 0.15) is 0 Å². The predicted octanol–water partition coefficient (Wildman–Crippen LogP) is 3.81. The summed E-state index contributed by atoms with van der Waals surface area (Å²) in [6.45, 7) is 10.7. The fraction of sp³-hybridized carbons (Fsp3) is 0.611. The fourth-order valence-electron chi connectivity index (χ4n) is 2.89. The number of amides is 1. The summed E-state index contributed by atoms with van der Waals surface area (Å²) in [6, 6.07) is 5.51. The Balaban J connectivity index is 0.00000288. The summed E-state index contributed by atoms with van der Waals surface area (Å²) in [5.41, 5.74) is 8.20. The molecule has 0 saturated carbocycles. The maximum atomic E-state index is 12.1. The molecule has 0 aliphatic carbocycles. The molecule has 1 saturated heterocycles. The van der Waals surface area contributed by atoms with Crippen LogP contribution in [-0.4, -0.2) is 31.6 Å². The van der Waals surface area contributed by atoms with Gasteiger partial charge in [0.15, 0.2) is 0 Å². The van der Waals surface area contributed by atoms with Gasteiger partial charge >= 0.3 is 0 Å². The van der Waals surface area contributed by atoms with Crippen LogP contribution in [0.3, 0.4) is 0 Å². The summed E-state index contributed by atoms with van der Waals surface area (Å²) in [5.74, 6) is 0.388. The summed E-state index contributed by atoms with van der Waals surface area (Å²) in [6.07, 6.45) is 1.07. The molecular formula is C18H30Cl3N3O. The molecule has 7 heteroatoms. The minimum absolute atomic E-state index is 0. The molecule has 3 N–H and O–H groups in total. The monoisotopic (exact) mass is 409 g/mol. The number of hydrogen-bond donors (Lipinski definition) is 2. The highest BCUT2D eigenvalue weighted by molar-refractivity contribution is 6.30. The molecule has 1 aliphatic rings. The number of hydrogen-bond acceptors (Lipinski definition) is 3. The van der Waals surface area contributed by atoms with Crippen LogP contribution in [0.1, 0.15) is 32.8 Å². The zero-order chi connectivity index (χ0) is 17.2. The first-order valence-electron chi connectivity index (χ1n) is 8.23. The van der Waals surface area contributed by atoms with Gasteiger partial charge in [0, 0.05) is 30.3 Å². The first-order valence-corrected chi connectivity index (χ1v) is 8.60. The van der Waals surface area contributed by atoms with Crippen LogP contribution in [0.5, 0.6) is 0 Å². The van der Waals surface area contributed by atoms with Crippen molar-refractivity contribution in [1.82, 2.24) is 5.32 Å². The Morgan fingerprint density at radius 3 is 2.64 bits per heavy atom. The van der Waals surface area contributed by atoms with Crippen molar-refractivity contribution in [2.75, 3.05) is 24.5 Å². The lowest BCUT2D eigenvalue weighted by molar-refractivity contribution is -0.124. The van der Waals surface area contributed by atoms with Crippen LogP contribution in [-0.2, 0) is 4.79 Å². The van der Waals surface area contributed by atoms with Crippen molar-refractivity contribution < 1.29 is 4.79 Å². The molecule has 0 radical (unpaired) electrons. The highest BCUT2D eigenvalue weighted by atomic mass is 35.5. The van der Waals surface area contributed by atoms with Crippen molar-refractivity contribution in [2.24, 2.45) is 17.1 Å². The third-order valence-electron chi connectivity index (χ3n) is 4.58. The Morgan fingerprint density at radius 1 is 1.40 bits per heavy atom. The van der Waals surface area contributed by atoms with Crippen molar-refractivity contribution >= 4 is 48.0 Å². The van der Waals surface area contributed by atoms with Gasteiger partial charge in [-0.1, -0.05) is 38.4 Å². The van der Waals surface area contributed by atoms with E-state index < -0.39 is 6.04 Å². The minimum atomic E-state index is -0.477. The molecule has 4 nitrogen and oxygen atoms in total. The molecule has 25 heavy (non-hydrogen) atoms. The molecule has 1 aromatic rings. The molecule has 1 aromatic carbocycles. The summed E-state index contributed by atoms with van der Waals surface area (Å²) in [4.78, 5) is 14.5. The number of rotatable bonds is 4. The van der Waals surface area contributed by atoms with E-state index in [1.807, 2.05) is 32.9 Å². The van der Waals surface area contributed by atoms with Crippen LogP contribution >= 0.6 is 36.4 Å². The van der Waals surface area contributed by atoms with Gasteiger partial charge in [-0.2, -0.15) is 0 Å². The number of anilines is 1. The normalized spacial score (nSPS) is 18.2. The van der Waals surface area contributed by atoms with E-state index in [1.54, 1.807) is 0 Å². The summed E-state index contributed by atoms with van der Waals surface area (Å²) in [5, 5.41) is 3.77. The molecule has 0 aromatic heterocycles. The van der Waals surface area contributed by atoms with Gasteiger partial charge in [0.2, 0.25) is 5.91 Å². The second kappa shape index (κ2) is 9.86. The standard InChI is InChI=1S/C18H28ClN3O.2ClH/c1-12-5-6-14(19)9-15(12)22-8-7-13(11-22)10-21-17(23)16(20)18(2,3)4;;/h5-6,9,13,16H,7-8,10-11,20H2,1-4H3,(H,21,23);2*1H/t13?,16-;;/m1../s1. The van der Waals surface area contributed by atoms with Crippen molar-refractivity contribution in [2.45, 2.75) is 40.2 Å². The Hall–Kier alpha value is -0.680. The zero-order valence-electron chi connectivity index (χ0n) is 15.3. The minimum Gasteiger partial charge on any atom is -0.371 e. The average Bonchev–Trinajstić information content (AvgIpc) is 2.94. The summed E-state index contributed by atoms with van der Waals surface area (Å²) in [7, 11) is 0. The van der Waals surface area contributed by atoms with E-state index >= 15 is 0 Å². The van der Waals surface area contributed by atoms with Crippen LogP contribution in [0.15, 0.2) is 18.2 Å². The van der Waals surface area contributed by atoms with Gasteiger partial charge < -0.3 is 16.0 Å². The number of carbonyl (C=O) groups is 1. The lowest BCUT2D eigenvalue weighted by Crippen LogP contribution is -2.49. The third kappa shape index (κ3) is 6.52. The maximum Gasteiger partial charge on any atom is 0.237 e. The molecule has 2 rings (SSSR count). The summed E-state index contributed by atoms with van der Waals surface area (Å²) >= 11 is 6.11. The second-order valence-corrected chi connectivity index (χ2v) is 8.06. The first kappa shape index (κ1) is 24.3. The van der Waals surface area contributed by atoms with Gasteiger partial charge in [-0.25, -0.2) is 0 Å². The van der Waals surface area contributed by atoms with E-state index in [4.69, 9.17) is 17.3 Å². The summed E-state index contributed by atoms with van der Waals surface area (Å²) < 4.78 is 0. The number of nitrogens with zero attached hydrogens (tertiary/aromatic N) is 1. The topological polar surface area (TPSA) is 58.4 Å². The Bertz CT molecular complexity index is 575. The fourth-order valence-corrected chi connectivity index (χ4v) is 3.06. The Labute approximate surface area is 168 Å². The molecule has 0 bridgehead atoms. The van der Waals surface area contributed by atoms with E-state index in [9.17, 15) is 4.79 Å². The Kier molecular flexibility index (Phi) is 9.60. The van der Waals surface area contributed by atoms with Gasteiger partial charge in [0.25, 0.3) is 0 Å². The first-order chi connectivity index (χ1) is 10.7. The largest absolute Gasteiger partial charge is 0.371 e. The van der Waals surface area contributed by atoms with Gasteiger partial charge in [-0.3, -0.25) is 4.79 Å². The number of carbonyl (C=O) groups excluding carboxylic acids is 1. The molecule has 1 heterocycles. The van der Waals surface area contributed by atoms with Crippen molar-refractivity contribution in [3.8, 4) is 0 Å². The molecular weight excluding hydrogens is 381 g/mol. The highest BCUT2D eigenvalue weighted by Crippen LogP contribution is 2.29. The number of halogens is 3. The number of aryl methyl sites for hydroxylation is 1. The van der Waals surface area contributed by atoms with E-state index in [0.29, 0.717) is 12.5 Å². The van der Waals surface area contributed by atoms with E-state index in [-0.39, 0.29) is 36.1 Å². The predicted molar refractivity (Wildman–Crippen MR) is 111 cm³/mol. The van der Waals surface area contributed by atoms with E-state index in [1.165, 1.54) is 11.3 Å². The molecule has 0 spiro atoms. The molecule has 1 amide bonds. The zero-order valence-corrected chi connectivity index (χ0v) is 17.7. The van der Waals surface area contributed by atoms with E-state index in [0.717, 1.165) is 24.5 Å². The SMILES string of the molecule is Cc1ccc(Cl)cc1N1CCC(CNC(=O)[C@@H](N)C(C)(C)C)C1.Cl.Cl. The number of nitrogens with two attached hydrogens (primary N) is 1. The van der Waals surface area contributed by atoms with Crippen LogP contribution in [0, 0.1) is 18.3 Å².